The summed E-state index contributed by atoms with van der Waals surface area (Å²) >= 11 is 0. The Morgan fingerprint density at radius 3 is 2.92 bits per heavy atom. The van der Waals surface area contributed by atoms with Gasteiger partial charge >= 0.3 is 0 Å². The first-order chi connectivity index (χ1) is 12.1. The van der Waals surface area contributed by atoms with Gasteiger partial charge < -0.3 is 15.0 Å². The van der Waals surface area contributed by atoms with Crippen molar-refractivity contribution in [1.29, 1.82) is 0 Å². The number of nitrogens with zero attached hydrogens (tertiary/aromatic N) is 3. The molecule has 2 heterocycles. The summed E-state index contributed by atoms with van der Waals surface area (Å²) in [7, 11) is 0. The zero-order valence-corrected chi connectivity index (χ0v) is 14.7. The van der Waals surface area contributed by atoms with Crippen molar-refractivity contribution in [2.24, 2.45) is 0 Å². The zero-order valence-electron chi connectivity index (χ0n) is 14.7. The maximum Gasteiger partial charge on any atom is 0.243 e. The lowest BCUT2D eigenvalue weighted by Crippen LogP contribution is -2.48. The van der Waals surface area contributed by atoms with Crippen LogP contribution in [0.2, 0.25) is 0 Å². The minimum atomic E-state index is -0.219. The number of carbonyl (C=O) groups is 1. The molecule has 6 nitrogen and oxygen atoms in total. The molecule has 2 aromatic rings. The first-order valence-electron chi connectivity index (χ1n) is 8.67. The Morgan fingerprint density at radius 2 is 2.16 bits per heavy atom. The quantitative estimate of drug-likeness (QED) is 0.874. The van der Waals surface area contributed by atoms with Crippen LogP contribution < -0.4 is 15.0 Å². The summed E-state index contributed by atoms with van der Waals surface area (Å²) in [6, 6.07) is 9.38. The molecule has 1 saturated heterocycles. The number of benzene rings is 1. The highest BCUT2D eigenvalue weighted by atomic mass is 16.5. The fraction of sp³-hybridized carbons (Fsp3) is 0.421. The van der Waals surface area contributed by atoms with Crippen LogP contribution in [0.3, 0.4) is 0 Å². The number of ether oxygens (including phenoxy) is 1. The monoisotopic (exact) mass is 340 g/mol. The van der Waals surface area contributed by atoms with Gasteiger partial charge in [-0.25, -0.2) is 9.97 Å². The van der Waals surface area contributed by atoms with Gasteiger partial charge in [0, 0.05) is 18.9 Å². The van der Waals surface area contributed by atoms with E-state index < -0.39 is 0 Å². The van der Waals surface area contributed by atoms with Crippen LogP contribution in [0.4, 0.5) is 5.95 Å². The lowest BCUT2D eigenvalue weighted by Gasteiger charge is -2.25. The van der Waals surface area contributed by atoms with Gasteiger partial charge in [0.25, 0.3) is 0 Å². The summed E-state index contributed by atoms with van der Waals surface area (Å²) in [4.78, 5) is 23.2. The summed E-state index contributed by atoms with van der Waals surface area (Å²) in [5.41, 5.74) is 1.15. The van der Waals surface area contributed by atoms with Crippen LogP contribution >= 0.6 is 0 Å². The van der Waals surface area contributed by atoms with Crippen LogP contribution in [-0.4, -0.2) is 41.1 Å². The molecule has 1 amide bonds. The van der Waals surface area contributed by atoms with Crippen molar-refractivity contribution in [3.63, 3.8) is 0 Å². The average molecular weight is 340 g/mol. The van der Waals surface area contributed by atoms with Crippen LogP contribution in [0.15, 0.2) is 42.7 Å². The van der Waals surface area contributed by atoms with Gasteiger partial charge in [-0.15, -0.1) is 0 Å². The molecule has 1 aliphatic rings. The standard InChI is InChI=1S/C19H24N4O2/c1-14-6-3-7-16(12-14)25-13-15(2)22-18(24)17-8-4-11-23(17)19-20-9-5-10-21-19/h3,5-7,9-10,12,15,17H,4,8,11,13H2,1-2H3,(H,22,24)/t15-,17+/m1/s1. The van der Waals surface area contributed by atoms with E-state index in [0.29, 0.717) is 12.6 Å². The van der Waals surface area contributed by atoms with Gasteiger partial charge in [-0.1, -0.05) is 12.1 Å². The van der Waals surface area contributed by atoms with Gasteiger partial charge in [0.15, 0.2) is 0 Å². The minimum absolute atomic E-state index is 0.00490. The van der Waals surface area contributed by atoms with E-state index in [1.54, 1.807) is 18.5 Å². The summed E-state index contributed by atoms with van der Waals surface area (Å²) in [6.45, 7) is 5.21. The van der Waals surface area contributed by atoms with Gasteiger partial charge in [-0.3, -0.25) is 4.79 Å². The number of anilines is 1. The number of carbonyl (C=O) groups excluding carboxylic acids is 1. The molecule has 3 rings (SSSR count). The van der Waals surface area contributed by atoms with Gasteiger partial charge in [-0.05, 0) is 50.5 Å². The third-order valence-electron chi connectivity index (χ3n) is 4.24. The molecular weight excluding hydrogens is 316 g/mol. The second kappa shape index (κ2) is 7.96. The highest BCUT2D eigenvalue weighted by Gasteiger charge is 2.32. The van der Waals surface area contributed by atoms with E-state index in [1.807, 2.05) is 43.0 Å². The molecule has 1 aromatic heterocycles. The molecule has 0 radical (unpaired) electrons. The number of aryl methyl sites for hydroxylation is 1. The molecule has 1 aromatic carbocycles. The zero-order chi connectivity index (χ0) is 17.6. The lowest BCUT2D eigenvalue weighted by atomic mass is 10.2. The maximum atomic E-state index is 12.6. The van der Waals surface area contributed by atoms with Gasteiger partial charge in [0.2, 0.25) is 11.9 Å². The summed E-state index contributed by atoms with van der Waals surface area (Å²) in [6.07, 6.45) is 5.18. The molecule has 2 atom stereocenters. The number of rotatable bonds is 6. The van der Waals surface area contributed by atoms with Crippen LogP contribution in [0.1, 0.15) is 25.3 Å². The van der Waals surface area contributed by atoms with E-state index in [9.17, 15) is 4.79 Å². The van der Waals surface area contributed by atoms with Crippen molar-refractivity contribution < 1.29 is 9.53 Å². The number of aromatic nitrogens is 2. The van der Waals surface area contributed by atoms with Gasteiger partial charge in [0.05, 0.1) is 6.04 Å². The van der Waals surface area contributed by atoms with Crippen molar-refractivity contribution in [3.8, 4) is 5.75 Å². The fourth-order valence-electron chi connectivity index (χ4n) is 3.03. The Labute approximate surface area is 148 Å². The van der Waals surface area contributed by atoms with E-state index >= 15 is 0 Å². The van der Waals surface area contributed by atoms with Crippen molar-refractivity contribution in [2.45, 2.75) is 38.8 Å². The molecule has 0 spiro atoms. The van der Waals surface area contributed by atoms with E-state index in [-0.39, 0.29) is 18.0 Å². The smallest absolute Gasteiger partial charge is 0.243 e. The summed E-state index contributed by atoms with van der Waals surface area (Å²) in [5, 5.41) is 3.05. The fourth-order valence-corrected chi connectivity index (χ4v) is 3.03. The van der Waals surface area contributed by atoms with Crippen LogP contribution in [-0.2, 0) is 4.79 Å². The molecule has 0 aliphatic carbocycles. The van der Waals surface area contributed by atoms with Crippen LogP contribution in [0.25, 0.3) is 0 Å². The number of hydrogen-bond donors (Lipinski definition) is 1. The number of hydrogen-bond acceptors (Lipinski definition) is 5. The molecule has 0 unspecified atom stereocenters. The Balaban J connectivity index is 1.54. The Morgan fingerprint density at radius 1 is 1.36 bits per heavy atom. The second-order valence-electron chi connectivity index (χ2n) is 6.44. The lowest BCUT2D eigenvalue weighted by molar-refractivity contribution is -0.123. The van der Waals surface area contributed by atoms with Crippen molar-refractivity contribution in [2.75, 3.05) is 18.1 Å². The second-order valence-corrected chi connectivity index (χ2v) is 6.44. The van der Waals surface area contributed by atoms with Crippen molar-refractivity contribution in [1.82, 2.24) is 15.3 Å². The largest absolute Gasteiger partial charge is 0.491 e. The molecular formula is C19H24N4O2. The normalized spacial score (nSPS) is 18.0. The van der Waals surface area contributed by atoms with E-state index in [4.69, 9.17) is 4.74 Å². The third-order valence-corrected chi connectivity index (χ3v) is 4.24. The Hall–Kier alpha value is -2.63. The van der Waals surface area contributed by atoms with Gasteiger partial charge in [0.1, 0.15) is 18.4 Å². The molecule has 0 bridgehead atoms. The van der Waals surface area contributed by atoms with Gasteiger partial charge in [-0.2, -0.15) is 0 Å². The Bertz CT molecular complexity index is 708. The summed E-state index contributed by atoms with van der Waals surface area (Å²) < 4.78 is 5.77. The van der Waals surface area contributed by atoms with E-state index in [0.717, 1.165) is 30.7 Å². The van der Waals surface area contributed by atoms with E-state index in [1.165, 1.54) is 0 Å². The number of amides is 1. The predicted octanol–water partition coefficient (Wildman–Crippen LogP) is 2.34. The van der Waals surface area contributed by atoms with Crippen LogP contribution in [0.5, 0.6) is 5.75 Å². The topological polar surface area (TPSA) is 67.3 Å². The minimum Gasteiger partial charge on any atom is -0.491 e. The van der Waals surface area contributed by atoms with E-state index in [2.05, 4.69) is 15.3 Å². The predicted molar refractivity (Wildman–Crippen MR) is 96.7 cm³/mol. The molecule has 132 valence electrons. The molecule has 1 fully saturated rings. The molecule has 1 aliphatic heterocycles. The highest BCUT2D eigenvalue weighted by molar-refractivity contribution is 5.85. The third kappa shape index (κ3) is 4.47. The number of nitrogens with one attached hydrogen (secondary N) is 1. The highest BCUT2D eigenvalue weighted by Crippen LogP contribution is 2.22. The Kier molecular flexibility index (Phi) is 5.48. The average Bonchev–Trinajstić information content (AvgIpc) is 3.11. The molecule has 6 heteroatoms. The first-order valence-corrected chi connectivity index (χ1v) is 8.67. The maximum absolute atomic E-state index is 12.6. The summed E-state index contributed by atoms with van der Waals surface area (Å²) in [5.74, 6) is 1.44. The first kappa shape index (κ1) is 17.2. The van der Waals surface area contributed by atoms with Crippen LogP contribution in [0, 0.1) is 6.92 Å². The molecule has 0 saturated carbocycles. The van der Waals surface area contributed by atoms with Crippen molar-refractivity contribution in [3.05, 3.63) is 48.3 Å². The SMILES string of the molecule is Cc1cccc(OC[C@@H](C)NC(=O)[C@@H]2CCCN2c2ncccn2)c1. The molecule has 1 N–H and O–H groups in total. The van der Waals surface area contributed by atoms with Crippen molar-refractivity contribution >= 4 is 11.9 Å². The molecule has 25 heavy (non-hydrogen) atoms.